The van der Waals surface area contributed by atoms with Crippen molar-refractivity contribution in [2.75, 3.05) is 52.4 Å². The van der Waals surface area contributed by atoms with E-state index < -0.39 is 55.4 Å². The predicted molar refractivity (Wildman–Crippen MR) is 403 cm³/mol. The number of nitrogens with two attached hydrogens (primary N) is 2. The molecule has 7 rings (SSSR count). The van der Waals surface area contributed by atoms with Gasteiger partial charge in [-0.3, -0.25) is 15.1 Å². The molecule has 5 unspecified atom stereocenters. The summed E-state index contributed by atoms with van der Waals surface area (Å²) in [7, 11) is -3.59. The van der Waals surface area contributed by atoms with E-state index in [1.165, 1.54) is 5.56 Å². The molecular weight excluding hydrogens is 1340 g/mol. The SMILES string of the molecule is CC(C)(C)OC(=O)N1CCC(C=NS(=O)C(C)(C)C)CC1.CC(C)(C)OC(=O)N1CCC(C=O)CC1.CC(C)(C)S(N)=O.Cc1cc[c-]nc1.Cc1ccc(C(N)C2CCN(C(=O)OC(C)(C)C)CC2)nc1.Cc1ccc(C(NS(=O)C(C)(C)C)C2CCN(C(=O)OC(C)(C)C)CC2)nc1.[Li+]. The summed E-state index contributed by atoms with van der Waals surface area (Å²) in [6.07, 6.45) is 16.5. The second kappa shape index (κ2) is 42.7. The average molecular weight is 1470 g/mol. The first-order valence-electron chi connectivity index (χ1n) is 34.9. The van der Waals surface area contributed by atoms with Crippen molar-refractivity contribution in [2.45, 2.75) is 266 Å². The summed E-state index contributed by atoms with van der Waals surface area (Å²) in [5, 5.41) is 5.04. The summed E-state index contributed by atoms with van der Waals surface area (Å²) in [4.78, 5) is 78.2. The van der Waals surface area contributed by atoms with Gasteiger partial charge in [-0.15, -0.1) is 5.56 Å². The van der Waals surface area contributed by atoms with E-state index in [9.17, 15) is 36.6 Å². The molecule has 4 amide bonds. The normalized spacial score (nSPS) is 17.8. The number of pyridine rings is 3. The fourth-order valence-corrected chi connectivity index (χ4v) is 11.1. The topological polar surface area (TPSA) is 302 Å². The van der Waals surface area contributed by atoms with Crippen molar-refractivity contribution in [3.63, 3.8) is 0 Å². The number of piperidine rings is 4. The van der Waals surface area contributed by atoms with Crippen molar-refractivity contribution >= 4 is 69.8 Å². The van der Waals surface area contributed by atoms with Gasteiger partial charge >= 0.3 is 43.2 Å². The van der Waals surface area contributed by atoms with Gasteiger partial charge < -0.3 is 54.1 Å². The van der Waals surface area contributed by atoms with Crippen LogP contribution >= 0.6 is 0 Å². The van der Waals surface area contributed by atoms with Crippen LogP contribution in [0, 0.1) is 50.6 Å². The van der Waals surface area contributed by atoms with E-state index in [-0.39, 0.29) is 87.3 Å². The van der Waals surface area contributed by atoms with Gasteiger partial charge in [0, 0.05) is 82.9 Å². The van der Waals surface area contributed by atoms with Crippen molar-refractivity contribution in [1.29, 1.82) is 0 Å². The standard InChI is InChI=1S/C21H35N3O3S.C17H27N3O2.C15H28N2O3S.C11H19NO3.C6H6N.C4H11NOS.Li/c1-15-8-9-17(22-14-15)18(23-28(26)21(5,6)7)16-10-12-24(13-11-16)19(25)27-20(2,3)4;1-12-5-6-14(19-11-12)15(18)13-7-9-20(10-8-13)16(21)22-17(2,3)4;1-14(2,3)20-13(18)17-9-7-12(8-10-17)11-16-21(19)15(4,5)6;1-11(2,3)15-10(14)12-6-4-9(8-13)5-7-12;1-6-3-2-4-7-5-6;1-4(2,3)7(5)6;/h8-9,14,16,18,23H,10-13H2,1-7H3;5-6,11,13,15H,7-10,18H2,1-4H3;11-12H,7-10H2,1-6H3;8-9H,4-7H2,1-3H3;2-3,5H,1H3;5H2,1-3H3;/q;;;;-1;;+1. The predicted octanol–water partition coefficient (Wildman–Crippen LogP) is 10.8. The monoisotopic (exact) mass is 1460 g/mol. The molecule has 3 aromatic heterocycles. The fourth-order valence-electron chi connectivity index (χ4n) is 9.58. The third-order valence-electron chi connectivity index (χ3n) is 15.5. The number of amides is 4. The molecule has 0 bridgehead atoms. The molecule has 3 aromatic rings. The Bertz CT molecular complexity index is 3050. The van der Waals surface area contributed by atoms with E-state index in [0.29, 0.717) is 58.3 Å². The van der Waals surface area contributed by atoms with Gasteiger partial charge in [-0.2, -0.15) is 16.5 Å². The zero-order valence-electron chi connectivity index (χ0n) is 66.0. The van der Waals surface area contributed by atoms with Gasteiger partial charge in [-0.1, -0.05) is 31.5 Å². The van der Waals surface area contributed by atoms with E-state index in [1.54, 1.807) is 38.1 Å². The third kappa shape index (κ3) is 39.5. The zero-order chi connectivity index (χ0) is 76.4. The van der Waals surface area contributed by atoms with E-state index in [1.807, 2.05) is 209 Å². The first-order valence-corrected chi connectivity index (χ1v) is 38.4. The Morgan fingerprint density at radius 2 is 0.851 bits per heavy atom. The van der Waals surface area contributed by atoms with Gasteiger partial charge in [0.1, 0.15) is 39.7 Å². The summed E-state index contributed by atoms with van der Waals surface area (Å²) < 4.78 is 63.0. The Morgan fingerprint density at radius 3 is 1.13 bits per heavy atom. The Balaban J connectivity index is 0.000000638. The van der Waals surface area contributed by atoms with Gasteiger partial charge in [0.2, 0.25) is 0 Å². The van der Waals surface area contributed by atoms with Crippen LogP contribution in [0.15, 0.2) is 59.4 Å². The average Bonchev–Trinajstić information content (AvgIpc) is 0.824. The molecule has 4 saturated heterocycles. The van der Waals surface area contributed by atoms with Crippen molar-refractivity contribution < 1.29 is 74.4 Å². The van der Waals surface area contributed by atoms with Crippen LogP contribution in [-0.4, -0.2) is 173 Å². The molecule has 4 aliphatic heterocycles. The molecule has 4 fully saturated rings. The van der Waals surface area contributed by atoms with Gasteiger partial charge in [0.25, 0.3) is 0 Å². The maximum Gasteiger partial charge on any atom is 1.00 e. The van der Waals surface area contributed by atoms with Crippen LogP contribution in [0.5, 0.6) is 0 Å². The zero-order valence-corrected chi connectivity index (χ0v) is 68.4. The molecule has 23 nitrogen and oxygen atoms in total. The summed E-state index contributed by atoms with van der Waals surface area (Å²) in [5.74, 6) is 1.01. The summed E-state index contributed by atoms with van der Waals surface area (Å²) in [5.41, 5.74) is 9.74. The summed E-state index contributed by atoms with van der Waals surface area (Å²) >= 11 is 0. The van der Waals surface area contributed by atoms with Crippen molar-refractivity contribution in [1.82, 2.24) is 39.3 Å². The maximum atomic E-state index is 12.8. The Hall–Kier alpha value is -5.20. The van der Waals surface area contributed by atoms with E-state index in [0.717, 1.165) is 80.2 Å². The minimum absolute atomic E-state index is 0. The summed E-state index contributed by atoms with van der Waals surface area (Å²) in [6.45, 7) is 50.8. The van der Waals surface area contributed by atoms with Crippen molar-refractivity contribution in [3.8, 4) is 0 Å². The largest absolute Gasteiger partial charge is 1.00 e. The Labute approximate surface area is 626 Å². The number of ether oxygens (including phenoxy) is 4. The molecule has 0 aromatic carbocycles. The quantitative estimate of drug-likeness (QED) is 0.0590. The van der Waals surface area contributed by atoms with E-state index in [4.69, 9.17) is 29.8 Å². The maximum absolute atomic E-state index is 12.8. The molecule has 0 radical (unpaired) electrons. The number of nitrogens with one attached hydrogen (secondary N) is 1. The van der Waals surface area contributed by atoms with Crippen LogP contribution in [0.1, 0.15) is 237 Å². The van der Waals surface area contributed by atoms with Gasteiger partial charge in [0.05, 0.1) is 53.6 Å². The molecule has 5 N–H and O–H groups in total. The molecular formula is C74H126LiN11O12S3. The van der Waals surface area contributed by atoms with Gasteiger partial charge in [-0.25, -0.2) is 36.5 Å². The van der Waals surface area contributed by atoms with Gasteiger partial charge in [-0.05, 0) is 252 Å². The minimum Gasteiger partial charge on any atom is -0.444 e. The number of aryl methyl sites for hydroxylation is 3. The van der Waals surface area contributed by atoms with Crippen LogP contribution in [0.3, 0.4) is 0 Å². The second-order valence-electron chi connectivity index (χ2n) is 32.9. The number of aromatic nitrogens is 3. The number of aldehydes is 1. The number of rotatable bonds is 9. The summed E-state index contributed by atoms with van der Waals surface area (Å²) in [6, 6.07) is 11.7. The molecule has 568 valence electrons. The fraction of sp³-hybridized carbons (Fsp3) is 0.716. The molecule has 0 spiro atoms. The molecule has 5 atom stereocenters. The van der Waals surface area contributed by atoms with Gasteiger partial charge in [0.15, 0.2) is 0 Å². The Morgan fingerprint density at radius 1 is 0.515 bits per heavy atom. The van der Waals surface area contributed by atoms with Crippen LogP contribution in [-0.2, 0) is 56.7 Å². The van der Waals surface area contributed by atoms with E-state index >= 15 is 0 Å². The molecule has 27 heteroatoms. The first-order chi connectivity index (χ1) is 45.9. The number of nitrogens with zero attached hydrogens (tertiary/aromatic N) is 8. The molecule has 7 heterocycles. The van der Waals surface area contributed by atoms with Crippen LogP contribution in [0.2, 0.25) is 0 Å². The van der Waals surface area contributed by atoms with Crippen LogP contribution < -0.4 is 34.5 Å². The third-order valence-corrected chi connectivity index (χ3v) is 19.7. The Kier molecular flexibility index (Phi) is 39.6. The number of carbonyl (C=O) groups excluding carboxylic acids is 5. The molecule has 4 aliphatic rings. The number of hydrogen-bond acceptors (Lipinski definition) is 16. The molecule has 0 aliphatic carbocycles. The smallest absolute Gasteiger partial charge is 0.444 e. The minimum atomic E-state index is -1.21. The molecule has 101 heavy (non-hydrogen) atoms. The first kappa shape index (κ1) is 93.8. The second-order valence-corrected chi connectivity index (χ2v) is 38.6. The van der Waals surface area contributed by atoms with E-state index in [2.05, 4.69) is 30.3 Å². The number of carbonyl (C=O) groups is 5. The molecule has 0 saturated carbocycles. The van der Waals surface area contributed by atoms with Crippen LogP contribution in [0.25, 0.3) is 0 Å². The number of hydrogen-bond donors (Lipinski definition) is 3. The van der Waals surface area contributed by atoms with Crippen molar-refractivity contribution in [2.24, 2.45) is 38.9 Å². The van der Waals surface area contributed by atoms with Crippen molar-refractivity contribution in [3.05, 3.63) is 89.3 Å². The van der Waals surface area contributed by atoms with Crippen LogP contribution in [0.4, 0.5) is 19.2 Å². The number of likely N-dealkylation sites (tertiary alicyclic amines) is 4.